The van der Waals surface area contributed by atoms with E-state index in [1.807, 2.05) is 19.1 Å². The van der Waals surface area contributed by atoms with E-state index in [1.54, 1.807) is 6.07 Å². The average molecular weight is 273 g/mol. The minimum atomic E-state index is 0.207. The fourth-order valence-electron chi connectivity index (χ4n) is 2.45. The second kappa shape index (κ2) is 5.13. The highest BCUT2D eigenvalue weighted by atomic mass is 16.3. The van der Waals surface area contributed by atoms with Crippen molar-refractivity contribution >= 4 is 5.95 Å². The molecule has 1 aliphatic rings. The molecule has 1 saturated heterocycles. The molecule has 1 aliphatic heterocycles. The highest BCUT2D eigenvalue weighted by Crippen LogP contribution is 2.28. The maximum Gasteiger partial charge on any atom is 0.245 e. The van der Waals surface area contributed by atoms with Gasteiger partial charge < -0.3 is 15.7 Å². The molecule has 0 unspecified atom stereocenters. The van der Waals surface area contributed by atoms with Gasteiger partial charge in [-0.3, -0.25) is 5.10 Å². The van der Waals surface area contributed by atoms with Crippen LogP contribution in [0.4, 0.5) is 5.95 Å². The number of aryl methyl sites for hydroxylation is 1. The summed E-state index contributed by atoms with van der Waals surface area (Å²) in [5, 5.41) is 17.1. The fourth-order valence-corrected chi connectivity index (χ4v) is 2.45. The van der Waals surface area contributed by atoms with Crippen molar-refractivity contribution < 1.29 is 5.11 Å². The molecule has 6 heteroatoms. The van der Waals surface area contributed by atoms with E-state index in [1.165, 1.54) is 0 Å². The lowest BCUT2D eigenvalue weighted by Crippen LogP contribution is -2.40. The molecule has 1 aromatic carbocycles. The van der Waals surface area contributed by atoms with Gasteiger partial charge in [-0.25, -0.2) is 0 Å². The Bertz CT molecular complexity index is 601. The van der Waals surface area contributed by atoms with E-state index < -0.39 is 0 Å². The lowest BCUT2D eigenvalue weighted by molar-refractivity contribution is 0.476. The molecule has 0 aliphatic carbocycles. The predicted molar refractivity (Wildman–Crippen MR) is 77.6 cm³/mol. The van der Waals surface area contributed by atoms with Gasteiger partial charge in [0.05, 0.1) is 5.56 Å². The van der Waals surface area contributed by atoms with E-state index in [-0.39, 0.29) is 11.8 Å². The summed E-state index contributed by atoms with van der Waals surface area (Å²) >= 11 is 0. The van der Waals surface area contributed by atoms with Crippen molar-refractivity contribution in [3.8, 4) is 17.1 Å². The maximum atomic E-state index is 9.92. The fraction of sp³-hybridized carbons (Fsp3) is 0.429. The minimum Gasteiger partial charge on any atom is -0.507 e. The molecular weight excluding hydrogens is 254 g/mol. The molecule has 0 radical (unpaired) electrons. The number of nitrogens with two attached hydrogens (primary N) is 1. The van der Waals surface area contributed by atoms with E-state index in [0.717, 1.165) is 31.5 Å². The van der Waals surface area contributed by atoms with Crippen molar-refractivity contribution in [2.75, 3.05) is 18.0 Å². The quantitative estimate of drug-likeness (QED) is 0.769. The Kier molecular flexibility index (Phi) is 3.31. The van der Waals surface area contributed by atoms with Crippen LogP contribution in [0, 0.1) is 6.92 Å². The van der Waals surface area contributed by atoms with Gasteiger partial charge in [-0.15, -0.1) is 5.10 Å². The first kappa shape index (κ1) is 12.9. The van der Waals surface area contributed by atoms with Crippen molar-refractivity contribution in [3.63, 3.8) is 0 Å². The van der Waals surface area contributed by atoms with Gasteiger partial charge in [0.2, 0.25) is 5.95 Å². The Balaban J connectivity index is 1.85. The summed E-state index contributed by atoms with van der Waals surface area (Å²) < 4.78 is 0. The van der Waals surface area contributed by atoms with Crippen molar-refractivity contribution in [1.82, 2.24) is 15.2 Å². The van der Waals surface area contributed by atoms with Crippen molar-refractivity contribution in [2.24, 2.45) is 5.73 Å². The molecule has 106 valence electrons. The smallest absolute Gasteiger partial charge is 0.245 e. The number of rotatable bonds is 2. The third kappa shape index (κ3) is 2.46. The number of nitrogens with zero attached hydrogens (tertiary/aromatic N) is 3. The number of piperidine rings is 1. The van der Waals surface area contributed by atoms with E-state index in [0.29, 0.717) is 17.3 Å². The number of aromatic hydroxyl groups is 1. The van der Waals surface area contributed by atoms with Crippen LogP contribution in [-0.2, 0) is 0 Å². The van der Waals surface area contributed by atoms with Crippen molar-refractivity contribution in [3.05, 3.63) is 23.8 Å². The summed E-state index contributed by atoms with van der Waals surface area (Å²) in [5.74, 6) is 1.47. The third-order valence-electron chi connectivity index (χ3n) is 3.70. The second-order valence-electron chi connectivity index (χ2n) is 5.33. The van der Waals surface area contributed by atoms with Gasteiger partial charge in [0.1, 0.15) is 5.75 Å². The second-order valence-corrected chi connectivity index (χ2v) is 5.33. The first-order valence-electron chi connectivity index (χ1n) is 6.86. The zero-order valence-electron chi connectivity index (χ0n) is 11.5. The normalized spacial score (nSPS) is 16.6. The third-order valence-corrected chi connectivity index (χ3v) is 3.70. The topological polar surface area (TPSA) is 91.1 Å². The Morgan fingerprint density at radius 1 is 1.35 bits per heavy atom. The standard InChI is InChI=1S/C14H19N5O/c1-9-2-3-12(20)11(8-9)13-16-14(18-17-13)19-6-4-10(15)5-7-19/h2-3,8,10,20H,4-7,15H2,1H3,(H,16,17,18). The molecule has 0 saturated carbocycles. The molecule has 0 amide bonds. The summed E-state index contributed by atoms with van der Waals surface area (Å²) in [4.78, 5) is 6.61. The maximum absolute atomic E-state index is 9.92. The lowest BCUT2D eigenvalue weighted by atomic mass is 10.1. The van der Waals surface area contributed by atoms with E-state index in [9.17, 15) is 5.11 Å². The highest BCUT2D eigenvalue weighted by molar-refractivity contribution is 5.65. The van der Waals surface area contributed by atoms with Crippen LogP contribution in [0.3, 0.4) is 0 Å². The Labute approximate surface area is 117 Å². The van der Waals surface area contributed by atoms with Crippen LogP contribution in [0.25, 0.3) is 11.4 Å². The van der Waals surface area contributed by atoms with Crippen LogP contribution in [0.2, 0.25) is 0 Å². The molecule has 3 rings (SSSR count). The molecule has 6 nitrogen and oxygen atoms in total. The van der Waals surface area contributed by atoms with Crippen molar-refractivity contribution in [2.45, 2.75) is 25.8 Å². The van der Waals surface area contributed by atoms with Gasteiger partial charge in [0, 0.05) is 19.1 Å². The number of hydrogen-bond donors (Lipinski definition) is 3. The van der Waals surface area contributed by atoms with E-state index in [2.05, 4.69) is 20.1 Å². The average Bonchev–Trinajstić information content (AvgIpc) is 2.92. The largest absolute Gasteiger partial charge is 0.507 e. The molecule has 1 fully saturated rings. The van der Waals surface area contributed by atoms with E-state index >= 15 is 0 Å². The van der Waals surface area contributed by atoms with Crippen LogP contribution in [0.1, 0.15) is 18.4 Å². The first-order valence-corrected chi connectivity index (χ1v) is 6.86. The van der Waals surface area contributed by atoms with Gasteiger partial charge >= 0.3 is 0 Å². The number of benzene rings is 1. The van der Waals surface area contributed by atoms with Gasteiger partial charge in [0.25, 0.3) is 0 Å². The zero-order valence-corrected chi connectivity index (χ0v) is 11.5. The monoisotopic (exact) mass is 273 g/mol. The number of phenols is 1. The van der Waals surface area contributed by atoms with Gasteiger partial charge in [-0.1, -0.05) is 11.6 Å². The minimum absolute atomic E-state index is 0.207. The Morgan fingerprint density at radius 3 is 2.85 bits per heavy atom. The summed E-state index contributed by atoms with van der Waals surface area (Å²) in [5.41, 5.74) is 7.65. The molecule has 0 atom stereocenters. The summed E-state index contributed by atoms with van der Waals surface area (Å²) in [6.45, 7) is 3.72. The highest BCUT2D eigenvalue weighted by Gasteiger charge is 2.20. The van der Waals surface area contributed by atoms with Crippen LogP contribution >= 0.6 is 0 Å². The van der Waals surface area contributed by atoms with E-state index in [4.69, 9.17) is 5.73 Å². The Hall–Kier alpha value is -2.08. The molecule has 0 spiro atoms. The molecule has 0 bridgehead atoms. The lowest BCUT2D eigenvalue weighted by Gasteiger charge is -2.28. The first-order chi connectivity index (χ1) is 9.63. The summed E-state index contributed by atoms with van der Waals surface area (Å²) in [6, 6.07) is 5.71. The van der Waals surface area contributed by atoms with Crippen molar-refractivity contribution in [1.29, 1.82) is 0 Å². The summed E-state index contributed by atoms with van der Waals surface area (Å²) in [7, 11) is 0. The van der Waals surface area contributed by atoms with Crippen LogP contribution in [0.5, 0.6) is 5.75 Å². The molecule has 20 heavy (non-hydrogen) atoms. The molecule has 2 aromatic rings. The van der Waals surface area contributed by atoms with Gasteiger partial charge in [0.15, 0.2) is 5.82 Å². The number of H-pyrrole nitrogens is 1. The number of hydrogen-bond acceptors (Lipinski definition) is 5. The van der Waals surface area contributed by atoms with Gasteiger partial charge in [-0.2, -0.15) is 4.98 Å². The van der Waals surface area contributed by atoms with Crippen LogP contribution in [0.15, 0.2) is 18.2 Å². The van der Waals surface area contributed by atoms with Gasteiger partial charge in [-0.05, 0) is 31.9 Å². The van der Waals surface area contributed by atoms with Crippen LogP contribution < -0.4 is 10.6 Å². The molecule has 2 heterocycles. The Morgan fingerprint density at radius 2 is 2.10 bits per heavy atom. The molecule has 4 N–H and O–H groups in total. The molecule has 1 aromatic heterocycles. The number of phenolic OH excluding ortho intramolecular Hbond substituents is 1. The SMILES string of the molecule is Cc1ccc(O)c(-c2nc(N3CCC(N)CC3)n[nH]2)c1. The number of nitrogens with one attached hydrogen (secondary N) is 1. The summed E-state index contributed by atoms with van der Waals surface area (Å²) in [6.07, 6.45) is 1.92. The number of aromatic amines is 1. The predicted octanol–water partition coefficient (Wildman–Crippen LogP) is 1.41. The van der Waals surface area contributed by atoms with Crippen LogP contribution in [-0.4, -0.2) is 39.4 Å². The zero-order chi connectivity index (χ0) is 14.1. The number of anilines is 1. The molecular formula is C14H19N5O. The number of aromatic nitrogens is 3.